The smallest absolute Gasteiger partial charge is 0.224 e. The Balaban J connectivity index is 1.73. The fraction of sp³-hybridized carbons (Fsp3) is 0.600. The minimum absolute atomic E-state index is 0.162. The first kappa shape index (κ1) is 19.5. The Kier molecular flexibility index (Phi) is 6.21. The number of aromatic nitrogens is 3. The summed E-state index contributed by atoms with van der Waals surface area (Å²) in [5.41, 5.74) is 2.73. The van der Waals surface area contributed by atoms with Crippen molar-refractivity contribution in [2.75, 3.05) is 26.8 Å². The van der Waals surface area contributed by atoms with Crippen LogP contribution in [0.3, 0.4) is 0 Å². The van der Waals surface area contributed by atoms with Crippen LogP contribution in [0.5, 0.6) is 0 Å². The Morgan fingerprint density at radius 3 is 2.70 bits per heavy atom. The Morgan fingerprint density at radius 1 is 1.37 bits per heavy atom. The summed E-state index contributed by atoms with van der Waals surface area (Å²) in [5, 5.41) is 3.97. The minimum atomic E-state index is 0.162. The van der Waals surface area contributed by atoms with Crippen LogP contribution in [0.2, 0.25) is 0 Å². The van der Waals surface area contributed by atoms with Gasteiger partial charge >= 0.3 is 0 Å². The minimum Gasteiger partial charge on any atom is -0.384 e. The van der Waals surface area contributed by atoms with Gasteiger partial charge in [-0.3, -0.25) is 4.79 Å². The Morgan fingerprint density at radius 2 is 2.11 bits per heavy atom. The lowest BCUT2D eigenvalue weighted by molar-refractivity contribution is -0.133. The summed E-state index contributed by atoms with van der Waals surface area (Å²) in [6.07, 6.45) is 4.07. The molecule has 1 aliphatic rings. The largest absolute Gasteiger partial charge is 0.384 e. The van der Waals surface area contributed by atoms with Gasteiger partial charge in [0, 0.05) is 38.4 Å². The number of carbonyl (C=O) groups excluding carboxylic acids is 1. The first-order valence-electron chi connectivity index (χ1n) is 9.56. The number of likely N-dealkylation sites (tertiary alicyclic amines) is 1. The Bertz CT molecular complexity index is 779. The molecule has 0 atom stereocenters. The maximum Gasteiger partial charge on any atom is 0.224 e. The molecule has 1 fully saturated rings. The van der Waals surface area contributed by atoms with Gasteiger partial charge in [0.15, 0.2) is 5.76 Å². The molecular formula is C20H28N4O3. The topological polar surface area (TPSA) is 81.4 Å². The molecule has 0 saturated carbocycles. The molecular weight excluding hydrogens is 344 g/mol. The van der Waals surface area contributed by atoms with Crippen LogP contribution in [-0.4, -0.2) is 52.7 Å². The van der Waals surface area contributed by atoms with Crippen LogP contribution < -0.4 is 0 Å². The highest BCUT2D eigenvalue weighted by molar-refractivity contribution is 5.76. The molecule has 0 N–H and O–H groups in total. The fourth-order valence-electron chi connectivity index (χ4n) is 3.46. The van der Waals surface area contributed by atoms with E-state index < -0.39 is 0 Å². The van der Waals surface area contributed by atoms with Crippen molar-refractivity contribution in [2.24, 2.45) is 0 Å². The van der Waals surface area contributed by atoms with Gasteiger partial charge < -0.3 is 14.2 Å². The van der Waals surface area contributed by atoms with Gasteiger partial charge in [-0.1, -0.05) is 19.0 Å². The summed E-state index contributed by atoms with van der Waals surface area (Å²) >= 11 is 0. The Hall–Kier alpha value is -2.28. The first-order valence-corrected chi connectivity index (χ1v) is 9.56. The van der Waals surface area contributed by atoms with Crippen LogP contribution in [0.1, 0.15) is 62.2 Å². The van der Waals surface area contributed by atoms with Crippen LogP contribution >= 0.6 is 0 Å². The zero-order chi connectivity index (χ0) is 19.4. The molecule has 3 heterocycles. The van der Waals surface area contributed by atoms with Crippen LogP contribution in [0.4, 0.5) is 0 Å². The average molecular weight is 372 g/mol. The van der Waals surface area contributed by atoms with E-state index >= 15 is 0 Å². The predicted octanol–water partition coefficient (Wildman–Crippen LogP) is 3.31. The zero-order valence-electron chi connectivity index (χ0n) is 16.6. The molecule has 0 bridgehead atoms. The molecule has 2 aromatic heterocycles. The van der Waals surface area contributed by atoms with Crippen LogP contribution in [0, 0.1) is 6.92 Å². The van der Waals surface area contributed by atoms with E-state index in [2.05, 4.69) is 24.0 Å². The maximum absolute atomic E-state index is 12.1. The van der Waals surface area contributed by atoms with Crippen LogP contribution in [0.25, 0.3) is 11.3 Å². The summed E-state index contributed by atoms with van der Waals surface area (Å²) in [7, 11) is 1.62. The molecule has 7 nitrogen and oxygen atoms in total. The lowest BCUT2D eigenvalue weighted by Gasteiger charge is -2.31. The number of hydrogen-bond donors (Lipinski definition) is 0. The monoisotopic (exact) mass is 372 g/mol. The van der Waals surface area contributed by atoms with E-state index in [9.17, 15) is 4.79 Å². The number of carbonyl (C=O) groups is 1. The molecule has 27 heavy (non-hydrogen) atoms. The third-order valence-corrected chi connectivity index (χ3v) is 5.01. The molecule has 0 radical (unpaired) electrons. The molecule has 0 unspecified atom stereocenters. The number of ether oxygens (including phenoxy) is 1. The highest BCUT2D eigenvalue weighted by Gasteiger charge is 2.26. The summed E-state index contributed by atoms with van der Waals surface area (Å²) in [5.74, 6) is 2.27. The van der Waals surface area contributed by atoms with Crippen molar-refractivity contribution in [1.82, 2.24) is 20.0 Å². The van der Waals surface area contributed by atoms with Gasteiger partial charge in [-0.05, 0) is 25.7 Å². The van der Waals surface area contributed by atoms with E-state index in [1.165, 1.54) is 0 Å². The highest BCUT2D eigenvalue weighted by atomic mass is 16.5. The lowest BCUT2D eigenvalue weighted by Crippen LogP contribution is -2.38. The van der Waals surface area contributed by atoms with E-state index in [0.717, 1.165) is 48.7 Å². The molecule has 0 spiro atoms. The van der Waals surface area contributed by atoms with Crippen molar-refractivity contribution < 1.29 is 14.1 Å². The molecule has 0 aromatic carbocycles. The molecule has 146 valence electrons. The van der Waals surface area contributed by atoms with Gasteiger partial charge in [0.25, 0.3) is 0 Å². The molecule has 1 saturated heterocycles. The molecule has 7 heteroatoms. The van der Waals surface area contributed by atoms with Gasteiger partial charge in [0.05, 0.1) is 30.0 Å². The molecule has 0 aliphatic carbocycles. The fourth-order valence-corrected chi connectivity index (χ4v) is 3.46. The summed E-state index contributed by atoms with van der Waals surface area (Å²) in [6, 6.07) is 1.91. The third-order valence-electron chi connectivity index (χ3n) is 5.01. The highest BCUT2D eigenvalue weighted by Crippen LogP contribution is 2.31. The van der Waals surface area contributed by atoms with Crippen molar-refractivity contribution in [1.29, 1.82) is 0 Å². The molecule has 1 aliphatic heterocycles. The standard InChI is InChI=1S/C20H28N4O3/c1-13(2)19-16(17-11-14(3)23-27-17)12-21-20(22-19)15-5-8-24(9-6-15)18(25)7-10-26-4/h11-13,15H,5-10H2,1-4H3. The third kappa shape index (κ3) is 4.53. The lowest BCUT2D eigenvalue weighted by atomic mass is 9.94. The van der Waals surface area contributed by atoms with Crippen molar-refractivity contribution in [2.45, 2.75) is 51.9 Å². The number of methoxy groups -OCH3 is 1. The SMILES string of the molecule is COCCC(=O)N1CCC(c2ncc(-c3cc(C)no3)c(C(C)C)n2)CC1. The van der Waals surface area contributed by atoms with Gasteiger partial charge in [0.2, 0.25) is 5.91 Å². The van der Waals surface area contributed by atoms with E-state index in [1.54, 1.807) is 7.11 Å². The van der Waals surface area contributed by atoms with Crippen molar-refractivity contribution >= 4 is 5.91 Å². The van der Waals surface area contributed by atoms with Gasteiger partial charge in [-0.25, -0.2) is 9.97 Å². The number of hydrogen-bond acceptors (Lipinski definition) is 6. The molecule has 2 aromatic rings. The van der Waals surface area contributed by atoms with Gasteiger partial charge in [-0.15, -0.1) is 0 Å². The number of nitrogens with zero attached hydrogens (tertiary/aromatic N) is 4. The van der Waals surface area contributed by atoms with Crippen LogP contribution in [0.15, 0.2) is 16.8 Å². The van der Waals surface area contributed by atoms with Gasteiger partial charge in [0.1, 0.15) is 5.82 Å². The number of piperidine rings is 1. The zero-order valence-corrected chi connectivity index (χ0v) is 16.6. The van der Waals surface area contributed by atoms with E-state index in [1.807, 2.05) is 24.1 Å². The number of aryl methyl sites for hydroxylation is 1. The second kappa shape index (κ2) is 8.61. The average Bonchev–Trinajstić information content (AvgIpc) is 3.12. The Labute approximate surface area is 160 Å². The number of rotatable bonds is 6. The van der Waals surface area contributed by atoms with Gasteiger partial charge in [-0.2, -0.15) is 0 Å². The molecule has 1 amide bonds. The predicted molar refractivity (Wildman–Crippen MR) is 101 cm³/mol. The second-order valence-corrected chi connectivity index (χ2v) is 7.41. The maximum atomic E-state index is 12.1. The summed E-state index contributed by atoms with van der Waals surface area (Å²) in [6.45, 7) is 8.11. The second-order valence-electron chi connectivity index (χ2n) is 7.41. The summed E-state index contributed by atoms with van der Waals surface area (Å²) in [4.78, 5) is 23.6. The first-order chi connectivity index (χ1) is 13.0. The molecule has 3 rings (SSSR count). The van der Waals surface area contributed by atoms with E-state index in [0.29, 0.717) is 18.8 Å². The normalized spacial score (nSPS) is 15.5. The van der Waals surface area contributed by atoms with Crippen molar-refractivity contribution in [3.8, 4) is 11.3 Å². The van der Waals surface area contributed by atoms with E-state index in [-0.39, 0.29) is 17.7 Å². The van der Waals surface area contributed by atoms with Crippen molar-refractivity contribution in [3.05, 3.63) is 29.5 Å². The quantitative estimate of drug-likeness (QED) is 0.774. The van der Waals surface area contributed by atoms with Crippen molar-refractivity contribution in [3.63, 3.8) is 0 Å². The van der Waals surface area contributed by atoms with E-state index in [4.69, 9.17) is 14.2 Å². The summed E-state index contributed by atoms with van der Waals surface area (Å²) < 4.78 is 10.4. The van der Waals surface area contributed by atoms with Crippen LogP contribution in [-0.2, 0) is 9.53 Å². The number of amides is 1.